The number of unbranched alkanes of at least 4 members (excludes halogenated alkanes) is 1. The summed E-state index contributed by atoms with van der Waals surface area (Å²) in [6.45, 7) is 2.15. The van der Waals surface area contributed by atoms with Crippen LogP contribution in [0.1, 0.15) is 25.3 Å². The summed E-state index contributed by atoms with van der Waals surface area (Å²) in [7, 11) is 3.15. The Morgan fingerprint density at radius 2 is 2.08 bits per heavy atom. The van der Waals surface area contributed by atoms with Crippen LogP contribution < -0.4 is 14.8 Å². The fourth-order valence-corrected chi connectivity index (χ4v) is 3.81. The van der Waals surface area contributed by atoms with Gasteiger partial charge in [0.25, 0.3) is 0 Å². The van der Waals surface area contributed by atoms with Crippen LogP contribution in [0.2, 0.25) is 0 Å². The van der Waals surface area contributed by atoms with E-state index in [1.165, 1.54) is 17.4 Å². The predicted octanol–water partition coefficient (Wildman–Crippen LogP) is 4.10. The molecule has 0 fully saturated rings. The predicted molar refractivity (Wildman–Crippen MR) is 103 cm³/mol. The highest BCUT2D eigenvalue weighted by atomic mass is 32.2. The number of anilines is 1. The third-order valence-electron chi connectivity index (χ3n) is 3.19. The number of aromatic nitrogens is 2. The second-order valence-corrected chi connectivity index (χ2v) is 7.33. The van der Waals surface area contributed by atoms with Crippen molar-refractivity contribution in [3.63, 3.8) is 0 Å². The lowest BCUT2D eigenvalue weighted by Crippen LogP contribution is -2.07. The van der Waals surface area contributed by atoms with Crippen molar-refractivity contribution in [3.8, 4) is 11.5 Å². The lowest BCUT2D eigenvalue weighted by Gasteiger charge is -2.07. The molecule has 0 spiro atoms. The number of benzene rings is 1. The fourth-order valence-electron chi connectivity index (χ4n) is 1.90. The molecule has 0 atom stereocenters. The lowest BCUT2D eigenvalue weighted by molar-refractivity contribution is -0.111. The number of ether oxygens (including phenoxy) is 2. The molecule has 1 amide bonds. The Hall–Kier alpha value is -2.06. The average molecular weight is 380 g/mol. The first kappa shape index (κ1) is 19.3. The summed E-state index contributed by atoms with van der Waals surface area (Å²) >= 11 is 3.04. The van der Waals surface area contributed by atoms with Gasteiger partial charge in [0.1, 0.15) is 0 Å². The van der Waals surface area contributed by atoms with Gasteiger partial charge in [0.2, 0.25) is 11.0 Å². The van der Waals surface area contributed by atoms with Gasteiger partial charge >= 0.3 is 0 Å². The van der Waals surface area contributed by atoms with Crippen LogP contribution in [-0.2, 0) is 4.79 Å². The number of hydrogen-bond acceptors (Lipinski definition) is 7. The zero-order valence-electron chi connectivity index (χ0n) is 14.4. The third kappa shape index (κ3) is 6.06. The standard InChI is InChI=1S/C17H21N3O3S2/c1-4-5-10-24-17-20-19-16(25-17)18-15(21)9-7-12-6-8-13(22-2)14(11-12)23-3/h6-9,11H,4-5,10H2,1-3H3,(H,18,19,21)/b9-7+. The Morgan fingerprint density at radius 3 is 2.80 bits per heavy atom. The summed E-state index contributed by atoms with van der Waals surface area (Å²) in [6, 6.07) is 5.44. The van der Waals surface area contributed by atoms with E-state index in [2.05, 4.69) is 22.4 Å². The minimum absolute atomic E-state index is 0.254. The van der Waals surface area contributed by atoms with Crippen LogP contribution in [-0.4, -0.2) is 36.1 Å². The molecule has 1 N–H and O–H groups in total. The molecule has 0 aliphatic rings. The summed E-state index contributed by atoms with van der Waals surface area (Å²) in [4.78, 5) is 12.0. The Morgan fingerprint density at radius 1 is 1.28 bits per heavy atom. The molecule has 0 aliphatic heterocycles. The largest absolute Gasteiger partial charge is 0.493 e. The molecule has 2 aromatic rings. The molecule has 0 aliphatic carbocycles. The first-order valence-corrected chi connectivity index (χ1v) is 9.64. The summed E-state index contributed by atoms with van der Waals surface area (Å²) in [6.07, 6.45) is 5.44. The van der Waals surface area contributed by atoms with E-state index >= 15 is 0 Å². The quantitative estimate of drug-likeness (QED) is 0.306. The summed E-state index contributed by atoms with van der Waals surface area (Å²) in [5.41, 5.74) is 0.834. The van der Waals surface area contributed by atoms with Crippen LogP contribution in [0.25, 0.3) is 6.08 Å². The number of carbonyl (C=O) groups excluding carboxylic acids is 1. The van der Waals surface area contributed by atoms with Gasteiger partial charge in [0.05, 0.1) is 14.2 Å². The molecular formula is C17H21N3O3S2. The molecule has 1 aromatic heterocycles. The second kappa shape index (κ2) is 10.0. The number of amides is 1. The van der Waals surface area contributed by atoms with Gasteiger partial charge in [-0.2, -0.15) is 0 Å². The third-order valence-corrected chi connectivity index (χ3v) is 5.25. The first-order chi connectivity index (χ1) is 12.2. The second-order valence-electron chi connectivity index (χ2n) is 5.01. The smallest absolute Gasteiger partial charge is 0.250 e. The van der Waals surface area contributed by atoms with Crippen molar-refractivity contribution >= 4 is 40.2 Å². The number of hydrogen-bond donors (Lipinski definition) is 1. The number of rotatable bonds is 9. The molecule has 134 valence electrons. The van der Waals surface area contributed by atoms with Gasteiger partial charge in [0.15, 0.2) is 15.8 Å². The first-order valence-electron chi connectivity index (χ1n) is 7.83. The highest BCUT2D eigenvalue weighted by Gasteiger charge is 2.07. The Labute approximate surface area is 155 Å². The molecule has 1 heterocycles. The van der Waals surface area contributed by atoms with Gasteiger partial charge in [0, 0.05) is 11.8 Å². The topological polar surface area (TPSA) is 73.3 Å². The normalized spacial score (nSPS) is 10.8. The number of nitrogens with one attached hydrogen (secondary N) is 1. The van der Waals surface area contributed by atoms with E-state index in [9.17, 15) is 4.79 Å². The minimum Gasteiger partial charge on any atom is -0.493 e. The molecule has 0 bridgehead atoms. The fraction of sp³-hybridized carbons (Fsp3) is 0.353. The van der Waals surface area contributed by atoms with Crippen LogP contribution in [0.15, 0.2) is 28.6 Å². The van der Waals surface area contributed by atoms with E-state index in [4.69, 9.17) is 9.47 Å². The summed E-state index contributed by atoms with van der Waals surface area (Å²) in [5, 5.41) is 11.3. The lowest BCUT2D eigenvalue weighted by atomic mass is 10.2. The summed E-state index contributed by atoms with van der Waals surface area (Å²) < 4.78 is 11.3. The van der Waals surface area contributed by atoms with Gasteiger partial charge in [-0.15, -0.1) is 10.2 Å². The highest BCUT2D eigenvalue weighted by Crippen LogP contribution is 2.28. The summed E-state index contributed by atoms with van der Waals surface area (Å²) in [5.74, 6) is 2.02. The molecule has 2 rings (SSSR count). The molecule has 25 heavy (non-hydrogen) atoms. The van der Waals surface area contributed by atoms with Gasteiger partial charge in [-0.25, -0.2) is 0 Å². The molecule has 6 nitrogen and oxygen atoms in total. The van der Waals surface area contributed by atoms with E-state index in [0.717, 1.165) is 28.5 Å². The van der Waals surface area contributed by atoms with Crippen LogP contribution >= 0.6 is 23.1 Å². The molecule has 8 heteroatoms. The van der Waals surface area contributed by atoms with Crippen molar-refractivity contribution in [3.05, 3.63) is 29.8 Å². The maximum absolute atomic E-state index is 12.0. The zero-order valence-corrected chi connectivity index (χ0v) is 16.1. The van der Waals surface area contributed by atoms with Gasteiger partial charge in [-0.05, 0) is 30.2 Å². The molecule has 0 saturated carbocycles. The SMILES string of the molecule is CCCCSc1nnc(NC(=O)/C=C/c2ccc(OC)c(OC)c2)s1. The van der Waals surface area contributed by atoms with Crippen molar-refractivity contribution in [2.75, 3.05) is 25.3 Å². The molecule has 1 aromatic carbocycles. The number of methoxy groups -OCH3 is 2. The monoisotopic (exact) mass is 379 g/mol. The maximum Gasteiger partial charge on any atom is 0.250 e. The zero-order chi connectivity index (χ0) is 18.1. The molecule has 0 unspecified atom stereocenters. The van der Waals surface area contributed by atoms with Gasteiger partial charge in [-0.1, -0.05) is 42.5 Å². The van der Waals surface area contributed by atoms with Crippen molar-refractivity contribution < 1.29 is 14.3 Å². The van der Waals surface area contributed by atoms with Gasteiger partial charge < -0.3 is 9.47 Å². The van der Waals surface area contributed by atoms with E-state index < -0.39 is 0 Å². The van der Waals surface area contributed by atoms with Crippen LogP contribution in [0.5, 0.6) is 11.5 Å². The Bertz CT molecular complexity index is 732. The Kier molecular flexibility index (Phi) is 7.75. The molecule has 0 radical (unpaired) electrons. The van der Waals surface area contributed by atoms with Crippen molar-refractivity contribution in [2.45, 2.75) is 24.1 Å². The van der Waals surface area contributed by atoms with E-state index in [0.29, 0.717) is 16.6 Å². The van der Waals surface area contributed by atoms with Gasteiger partial charge in [-0.3, -0.25) is 10.1 Å². The van der Waals surface area contributed by atoms with E-state index in [1.807, 2.05) is 6.07 Å². The Balaban J connectivity index is 1.92. The number of nitrogens with zero attached hydrogens (tertiary/aromatic N) is 2. The van der Waals surface area contributed by atoms with E-state index in [-0.39, 0.29) is 5.91 Å². The number of carbonyl (C=O) groups is 1. The molecular weight excluding hydrogens is 358 g/mol. The number of thioether (sulfide) groups is 1. The van der Waals surface area contributed by atoms with Crippen molar-refractivity contribution in [1.29, 1.82) is 0 Å². The average Bonchev–Trinajstić information content (AvgIpc) is 3.07. The van der Waals surface area contributed by atoms with Crippen LogP contribution in [0, 0.1) is 0 Å². The van der Waals surface area contributed by atoms with Crippen LogP contribution in [0.4, 0.5) is 5.13 Å². The minimum atomic E-state index is -0.254. The highest BCUT2D eigenvalue weighted by molar-refractivity contribution is 8.01. The van der Waals surface area contributed by atoms with Crippen molar-refractivity contribution in [1.82, 2.24) is 10.2 Å². The molecule has 0 saturated heterocycles. The van der Waals surface area contributed by atoms with E-state index in [1.54, 1.807) is 44.2 Å². The maximum atomic E-state index is 12.0. The van der Waals surface area contributed by atoms with Crippen LogP contribution in [0.3, 0.4) is 0 Å². The van der Waals surface area contributed by atoms with Crippen molar-refractivity contribution in [2.24, 2.45) is 0 Å².